The first-order valence-corrected chi connectivity index (χ1v) is 11.3. The highest BCUT2D eigenvalue weighted by Gasteiger charge is 2.27. The van der Waals surface area contributed by atoms with E-state index < -0.39 is 0 Å². The Hall–Kier alpha value is -2.66. The average Bonchev–Trinajstić information content (AvgIpc) is 2.72. The summed E-state index contributed by atoms with van der Waals surface area (Å²) >= 11 is 0. The molecule has 0 atom stereocenters. The predicted molar refractivity (Wildman–Crippen MR) is 128 cm³/mol. The largest absolute Gasteiger partial charge is 0.324 e. The number of nitrogens with zero attached hydrogens (tertiary/aromatic N) is 2. The van der Waals surface area contributed by atoms with Crippen LogP contribution in [0.5, 0.6) is 0 Å². The molecule has 0 radical (unpaired) electrons. The number of para-hydroxylation sites is 1. The molecule has 1 aliphatic carbocycles. The molecule has 1 saturated carbocycles. The Kier molecular flexibility index (Phi) is 7.85. The standard InChI is InChI=1S/C26H35N3O2/c1-19-15-20(2)26(21(3)16-19)27-24(30)17-28(4)18-25(31)29(22-11-7-5-8-12-22)23-13-9-6-10-14-23/h5,7-8,11-12,15-16,23H,6,9-10,13-14,17-18H2,1-4H3,(H,27,30). The second-order valence-electron chi connectivity index (χ2n) is 8.89. The van der Waals surface area contributed by atoms with Crippen molar-refractivity contribution in [3.8, 4) is 0 Å². The number of carbonyl (C=O) groups is 2. The van der Waals surface area contributed by atoms with E-state index in [-0.39, 0.29) is 30.9 Å². The predicted octanol–water partition coefficient (Wildman–Crippen LogP) is 4.85. The Balaban J connectivity index is 1.64. The van der Waals surface area contributed by atoms with Gasteiger partial charge in [0.25, 0.3) is 0 Å². The SMILES string of the molecule is Cc1cc(C)c(NC(=O)CN(C)CC(=O)N(c2ccccc2)C2CCCCC2)c(C)c1. The zero-order chi connectivity index (χ0) is 22.4. The van der Waals surface area contributed by atoms with Gasteiger partial charge in [0, 0.05) is 17.4 Å². The quantitative estimate of drug-likeness (QED) is 0.695. The number of likely N-dealkylation sites (N-methyl/N-ethyl adjacent to an activating group) is 1. The van der Waals surface area contributed by atoms with Crippen molar-refractivity contribution in [3.05, 3.63) is 59.2 Å². The first-order chi connectivity index (χ1) is 14.8. The van der Waals surface area contributed by atoms with E-state index in [9.17, 15) is 9.59 Å². The topological polar surface area (TPSA) is 52.7 Å². The molecule has 0 bridgehead atoms. The van der Waals surface area contributed by atoms with Gasteiger partial charge in [0.1, 0.15) is 0 Å². The van der Waals surface area contributed by atoms with Crippen LogP contribution in [-0.4, -0.2) is 42.9 Å². The summed E-state index contributed by atoms with van der Waals surface area (Å²) in [6.07, 6.45) is 5.64. The number of carbonyl (C=O) groups excluding carboxylic acids is 2. The van der Waals surface area contributed by atoms with Crippen molar-refractivity contribution in [3.63, 3.8) is 0 Å². The number of nitrogens with one attached hydrogen (secondary N) is 1. The van der Waals surface area contributed by atoms with E-state index in [1.54, 1.807) is 4.90 Å². The molecule has 0 unspecified atom stereocenters. The highest BCUT2D eigenvalue weighted by Crippen LogP contribution is 2.27. The summed E-state index contributed by atoms with van der Waals surface area (Å²) in [6, 6.07) is 14.3. The number of aryl methyl sites for hydroxylation is 3. The van der Waals surface area contributed by atoms with Crippen LogP contribution >= 0.6 is 0 Å². The van der Waals surface area contributed by atoms with Gasteiger partial charge in [-0.3, -0.25) is 14.5 Å². The Morgan fingerprint density at radius 1 is 0.935 bits per heavy atom. The third-order valence-electron chi connectivity index (χ3n) is 6.00. The zero-order valence-electron chi connectivity index (χ0n) is 19.3. The maximum Gasteiger partial charge on any atom is 0.241 e. The molecule has 2 amide bonds. The van der Waals surface area contributed by atoms with Gasteiger partial charge in [0.05, 0.1) is 13.1 Å². The average molecular weight is 422 g/mol. The highest BCUT2D eigenvalue weighted by molar-refractivity contribution is 5.97. The van der Waals surface area contributed by atoms with Crippen molar-refractivity contribution in [2.45, 2.75) is 58.9 Å². The maximum absolute atomic E-state index is 13.3. The monoisotopic (exact) mass is 421 g/mol. The fourth-order valence-corrected chi connectivity index (χ4v) is 4.65. The Morgan fingerprint density at radius 3 is 2.16 bits per heavy atom. The van der Waals surface area contributed by atoms with Crippen LogP contribution in [0.4, 0.5) is 11.4 Å². The minimum absolute atomic E-state index is 0.0519. The van der Waals surface area contributed by atoms with E-state index in [0.717, 1.165) is 48.2 Å². The van der Waals surface area contributed by atoms with Crippen molar-refractivity contribution >= 4 is 23.2 Å². The van der Waals surface area contributed by atoms with Crippen LogP contribution in [-0.2, 0) is 9.59 Å². The number of benzene rings is 2. The van der Waals surface area contributed by atoms with Crippen molar-refractivity contribution < 1.29 is 9.59 Å². The summed E-state index contributed by atoms with van der Waals surface area (Å²) in [4.78, 5) is 29.7. The molecular weight excluding hydrogens is 386 g/mol. The molecule has 1 aliphatic rings. The summed E-state index contributed by atoms with van der Waals surface area (Å²) in [5.41, 5.74) is 5.10. The molecule has 0 aliphatic heterocycles. The lowest BCUT2D eigenvalue weighted by atomic mass is 9.93. The molecule has 31 heavy (non-hydrogen) atoms. The van der Waals surface area contributed by atoms with Crippen LogP contribution < -0.4 is 10.2 Å². The molecule has 2 aromatic carbocycles. The first kappa shape index (κ1) is 23.0. The van der Waals surface area contributed by atoms with Gasteiger partial charge >= 0.3 is 0 Å². The molecule has 3 rings (SSSR count). The van der Waals surface area contributed by atoms with Crippen LogP contribution in [0.15, 0.2) is 42.5 Å². The van der Waals surface area contributed by atoms with E-state index in [1.165, 1.54) is 12.0 Å². The molecule has 5 nitrogen and oxygen atoms in total. The Bertz CT molecular complexity index is 881. The summed E-state index contributed by atoms with van der Waals surface area (Å²) in [5, 5.41) is 3.03. The van der Waals surface area contributed by atoms with Gasteiger partial charge in [-0.2, -0.15) is 0 Å². The lowest BCUT2D eigenvalue weighted by Crippen LogP contribution is -2.47. The highest BCUT2D eigenvalue weighted by atomic mass is 16.2. The third kappa shape index (κ3) is 6.17. The molecule has 0 aromatic heterocycles. The Labute approximate surface area is 186 Å². The number of anilines is 2. The van der Waals surface area contributed by atoms with E-state index in [0.29, 0.717) is 0 Å². The van der Waals surface area contributed by atoms with Crippen molar-refractivity contribution in [1.29, 1.82) is 0 Å². The molecule has 1 fully saturated rings. The minimum Gasteiger partial charge on any atom is -0.324 e. The smallest absolute Gasteiger partial charge is 0.241 e. The lowest BCUT2D eigenvalue weighted by molar-refractivity contribution is -0.121. The molecule has 5 heteroatoms. The van der Waals surface area contributed by atoms with E-state index in [1.807, 2.05) is 56.1 Å². The van der Waals surface area contributed by atoms with E-state index in [4.69, 9.17) is 0 Å². The number of hydrogen-bond acceptors (Lipinski definition) is 3. The molecule has 2 aromatic rings. The van der Waals surface area contributed by atoms with Gasteiger partial charge < -0.3 is 10.2 Å². The molecule has 0 spiro atoms. The van der Waals surface area contributed by atoms with Crippen LogP contribution in [0.3, 0.4) is 0 Å². The van der Waals surface area contributed by atoms with Gasteiger partial charge in [-0.1, -0.05) is 55.2 Å². The van der Waals surface area contributed by atoms with E-state index in [2.05, 4.69) is 24.4 Å². The summed E-state index contributed by atoms with van der Waals surface area (Å²) in [5.74, 6) is -0.0506. The summed E-state index contributed by atoms with van der Waals surface area (Å²) in [7, 11) is 1.83. The van der Waals surface area contributed by atoms with Crippen LogP contribution in [0, 0.1) is 20.8 Å². The van der Waals surface area contributed by atoms with Crippen LogP contribution in [0.25, 0.3) is 0 Å². The van der Waals surface area contributed by atoms with E-state index >= 15 is 0 Å². The second-order valence-corrected chi connectivity index (χ2v) is 8.89. The maximum atomic E-state index is 13.3. The second kappa shape index (κ2) is 10.6. The zero-order valence-corrected chi connectivity index (χ0v) is 19.3. The van der Waals surface area contributed by atoms with Crippen LogP contribution in [0.1, 0.15) is 48.8 Å². The lowest BCUT2D eigenvalue weighted by Gasteiger charge is -2.35. The molecule has 1 N–H and O–H groups in total. The van der Waals surface area contributed by atoms with Gasteiger partial charge in [-0.05, 0) is 63.9 Å². The Morgan fingerprint density at radius 2 is 1.55 bits per heavy atom. The van der Waals surface area contributed by atoms with Gasteiger partial charge in [-0.15, -0.1) is 0 Å². The fourth-order valence-electron chi connectivity index (χ4n) is 4.65. The van der Waals surface area contributed by atoms with Crippen molar-refractivity contribution in [2.75, 3.05) is 30.4 Å². The van der Waals surface area contributed by atoms with Gasteiger partial charge in [0.2, 0.25) is 11.8 Å². The van der Waals surface area contributed by atoms with Gasteiger partial charge in [-0.25, -0.2) is 0 Å². The normalized spacial score (nSPS) is 14.5. The van der Waals surface area contributed by atoms with Gasteiger partial charge in [0.15, 0.2) is 0 Å². The summed E-state index contributed by atoms with van der Waals surface area (Å²) < 4.78 is 0. The third-order valence-corrected chi connectivity index (χ3v) is 6.00. The molecule has 0 heterocycles. The van der Waals surface area contributed by atoms with Crippen molar-refractivity contribution in [2.24, 2.45) is 0 Å². The molecule has 166 valence electrons. The van der Waals surface area contributed by atoms with Crippen LogP contribution in [0.2, 0.25) is 0 Å². The number of amides is 2. The molecular formula is C26H35N3O2. The summed E-state index contributed by atoms with van der Waals surface area (Å²) in [6.45, 7) is 6.45. The molecule has 0 saturated heterocycles. The fraction of sp³-hybridized carbons (Fsp3) is 0.462. The minimum atomic E-state index is -0.103. The van der Waals surface area contributed by atoms with Crippen molar-refractivity contribution in [1.82, 2.24) is 4.90 Å². The number of hydrogen-bond donors (Lipinski definition) is 1. The first-order valence-electron chi connectivity index (χ1n) is 11.3. The number of rotatable bonds is 7.